The van der Waals surface area contributed by atoms with Crippen LogP contribution < -0.4 is 5.32 Å². The second kappa shape index (κ2) is 6.36. The molecule has 1 heterocycles. The van der Waals surface area contributed by atoms with Gasteiger partial charge in [0.25, 0.3) is 0 Å². The van der Waals surface area contributed by atoms with Crippen LogP contribution in [0.5, 0.6) is 0 Å². The van der Waals surface area contributed by atoms with Gasteiger partial charge < -0.3 is 9.73 Å². The van der Waals surface area contributed by atoms with Gasteiger partial charge in [0.05, 0.1) is 12.8 Å². The van der Waals surface area contributed by atoms with Crippen LogP contribution in [0.4, 0.5) is 0 Å². The molecule has 0 radical (unpaired) electrons. The van der Waals surface area contributed by atoms with Crippen molar-refractivity contribution in [3.8, 4) is 0 Å². The number of benzene rings is 1. The summed E-state index contributed by atoms with van der Waals surface area (Å²) < 4.78 is 5.23. The number of hydrogen-bond donors (Lipinski definition) is 1. The molecule has 0 aliphatic rings. The van der Waals surface area contributed by atoms with Crippen LogP contribution in [0.1, 0.15) is 16.9 Å². The first kappa shape index (κ1) is 12.8. The van der Waals surface area contributed by atoms with E-state index in [0.29, 0.717) is 0 Å². The van der Waals surface area contributed by atoms with E-state index in [1.165, 1.54) is 11.1 Å². The molecule has 0 saturated carbocycles. The highest BCUT2D eigenvalue weighted by Gasteiger charge is 1.95. The van der Waals surface area contributed by atoms with Gasteiger partial charge >= 0.3 is 0 Å². The highest BCUT2D eigenvalue weighted by Crippen LogP contribution is 2.04. The summed E-state index contributed by atoms with van der Waals surface area (Å²) in [5.74, 6) is 0.974. The molecule has 86 valence electrons. The van der Waals surface area contributed by atoms with Crippen LogP contribution in [0.15, 0.2) is 47.1 Å². The molecular formula is C13H16ClNO. The Balaban J connectivity index is 0.00000128. The van der Waals surface area contributed by atoms with Crippen molar-refractivity contribution in [2.45, 2.75) is 20.0 Å². The molecule has 2 nitrogen and oxygen atoms in total. The van der Waals surface area contributed by atoms with Crippen LogP contribution in [0.2, 0.25) is 0 Å². The topological polar surface area (TPSA) is 25.2 Å². The summed E-state index contributed by atoms with van der Waals surface area (Å²) in [6.45, 7) is 3.75. The maximum atomic E-state index is 5.23. The van der Waals surface area contributed by atoms with Crippen LogP contribution in [0, 0.1) is 6.92 Å². The van der Waals surface area contributed by atoms with Crippen molar-refractivity contribution >= 4 is 12.4 Å². The molecule has 3 heteroatoms. The summed E-state index contributed by atoms with van der Waals surface area (Å²) in [6.07, 6.45) is 1.70. The first-order valence-corrected chi connectivity index (χ1v) is 5.13. The Hall–Kier alpha value is -1.25. The lowest BCUT2D eigenvalue weighted by atomic mass is 10.1. The van der Waals surface area contributed by atoms with Gasteiger partial charge in [-0.05, 0) is 24.6 Å². The summed E-state index contributed by atoms with van der Waals surface area (Å²) >= 11 is 0. The van der Waals surface area contributed by atoms with Crippen molar-refractivity contribution in [1.82, 2.24) is 5.32 Å². The minimum Gasteiger partial charge on any atom is -0.468 e. The third-order valence-corrected chi connectivity index (χ3v) is 2.33. The van der Waals surface area contributed by atoms with E-state index in [1.807, 2.05) is 12.1 Å². The molecule has 0 bridgehead atoms. The van der Waals surface area contributed by atoms with Crippen molar-refractivity contribution in [2.24, 2.45) is 0 Å². The van der Waals surface area contributed by atoms with E-state index >= 15 is 0 Å². The van der Waals surface area contributed by atoms with Gasteiger partial charge in [0.2, 0.25) is 0 Å². The average molecular weight is 238 g/mol. The molecule has 1 aromatic heterocycles. The smallest absolute Gasteiger partial charge is 0.117 e. The van der Waals surface area contributed by atoms with E-state index in [2.05, 4.69) is 36.5 Å². The molecule has 0 atom stereocenters. The Morgan fingerprint density at radius 1 is 1.06 bits per heavy atom. The molecule has 0 spiro atoms. The van der Waals surface area contributed by atoms with Crippen molar-refractivity contribution < 1.29 is 4.42 Å². The molecule has 1 N–H and O–H groups in total. The fourth-order valence-electron chi connectivity index (χ4n) is 1.45. The molecule has 0 aliphatic carbocycles. The van der Waals surface area contributed by atoms with Crippen molar-refractivity contribution in [2.75, 3.05) is 0 Å². The van der Waals surface area contributed by atoms with Crippen molar-refractivity contribution in [3.05, 3.63) is 59.5 Å². The van der Waals surface area contributed by atoms with E-state index in [0.717, 1.165) is 18.8 Å². The zero-order chi connectivity index (χ0) is 10.5. The molecule has 0 saturated heterocycles. The number of hydrogen-bond acceptors (Lipinski definition) is 2. The third-order valence-electron chi connectivity index (χ3n) is 2.33. The maximum absolute atomic E-state index is 5.23. The SMILES string of the molecule is Cc1ccc(CNCc2ccco2)cc1.Cl. The standard InChI is InChI=1S/C13H15NO.ClH/c1-11-4-6-12(7-5-11)9-14-10-13-3-2-8-15-13;/h2-8,14H,9-10H2,1H3;1H. The summed E-state index contributed by atoms with van der Waals surface area (Å²) in [5.41, 5.74) is 2.59. The first-order chi connectivity index (χ1) is 7.34. The monoisotopic (exact) mass is 237 g/mol. The minimum atomic E-state index is 0. The van der Waals surface area contributed by atoms with Gasteiger partial charge in [0, 0.05) is 6.54 Å². The second-order valence-corrected chi connectivity index (χ2v) is 3.67. The van der Waals surface area contributed by atoms with E-state index in [9.17, 15) is 0 Å². The van der Waals surface area contributed by atoms with Crippen LogP contribution in [0.25, 0.3) is 0 Å². The Morgan fingerprint density at radius 3 is 2.44 bits per heavy atom. The number of rotatable bonds is 4. The molecule has 1 aromatic carbocycles. The fraction of sp³-hybridized carbons (Fsp3) is 0.231. The van der Waals surface area contributed by atoms with Crippen LogP contribution in [-0.4, -0.2) is 0 Å². The van der Waals surface area contributed by atoms with Crippen LogP contribution in [0.3, 0.4) is 0 Å². The summed E-state index contributed by atoms with van der Waals surface area (Å²) in [5, 5.41) is 3.33. The zero-order valence-corrected chi connectivity index (χ0v) is 10.1. The van der Waals surface area contributed by atoms with Gasteiger partial charge in [-0.1, -0.05) is 29.8 Å². The largest absolute Gasteiger partial charge is 0.468 e. The van der Waals surface area contributed by atoms with E-state index < -0.39 is 0 Å². The third kappa shape index (κ3) is 3.72. The molecule has 0 unspecified atom stereocenters. The summed E-state index contributed by atoms with van der Waals surface area (Å²) in [6, 6.07) is 12.4. The van der Waals surface area contributed by atoms with Crippen LogP contribution in [-0.2, 0) is 13.1 Å². The highest BCUT2D eigenvalue weighted by atomic mass is 35.5. The molecule has 0 aliphatic heterocycles. The molecule has 2 aromatic rings. The predicted octanol–water partition coefficient (Wildman–Crippen LogP) is 3.30. The number of nitrogens with one attached hydrogen (secondary N) is 1. The predicted molar refractivity (Wildman–Crippen MR) is 67.7 cm³/mol. The van der Waals surface area contributed by atoms with Gasteiger partial charge in [-0.25, -0.2) is 0 Å². The Morgan fingerprint density at radius 2 is 1.81 bits per heavy atom. The summed E-state index contributed by atoms with van der Waals surface area (Å²) in [4.78, 5) is 0. The lowest BCUT2D eigenvalue weighted by Crippen LogP contribution is -2.11. The molecular weight excluding hydrogens is 222 g/mol. The second-order valence-electron chi connectivity index (χ2n) is 3.67. The van der Waals surface area contributed by atoms with Crippen molar-refractivity contribution in [1.29, 1.82) is 0 Å². The Bertz CT molecular complexity index is 394. The lowest BCUT2D eigenvalue weighted by molar-refractivity contribution is 0.483. The zero-order valence-electron chi connectivity index (χ0n) is 9.27. The maximum Gasteiger partial charge on any atom is 0.117 e. The van der Waals surface area contributed by atoms with Crippen LogP contribution >= 0.6 is 12.4 Å². The normalized spacial score (nSPS) is 9.81. The van der Waals surface area contributed by atoms with Gasteiger partial charge in [-0.15, -0.1) is 12.4 Å². The van der Waals surface area contributed by atoms with Gasteiger partial charge in [0.1, 0.15) is 5.76 Å². The number of aryl methyl sites for hydroxylation is 1. The van der Waals surface area contributed by atoms with E-state index in [1.54, 1.807) is 6.26 Å². The van der Waals surface area contributed by atoms with Gasteiger partial charge in [0.15, 0.2) is 0 Å². The fourth-order valence-corrected chi connectivity index (χ4v) is 1.45. The van der Waals surface area contributed by atoms with Gasteiger partial charge in [-0.2, -0.15) is 0 Å². The number of furan rings is 1. The van der Waals surface area contributed by atoms with Crippen molar-refractivity contribution in [3.63, 3.8) is 0 Å². The summed E-state index contributed by atoms with van der Waals surface area (Å²) in [7, 11) is 0. The van der Waals surface area contributed by atoms with Gasteiger partial charge in [-0.3, -0.25) is 0 Å². The first-order valence-electron chi connectivity index (χ1n) is 5.13. The Labute approximate surface area is 102 Å². The minimum absolute atomic E-state index is 0. The van der Waals surface area contributed by atoms with E-state index in [4.69, 9.17) is 4.42 Å². The lowest BCUT2D eigenvalue weighted by Gasteiger charge is -2.03. The molecule has 2 rings (SSSR count). The highest BCUT2D eigenvalue weighted by molar-refractivity contribution is 5.85. The molecule has 16 heavy (non-hydrogen) atoms. The number of halogens is 1. The van der Waals surface area contributed by atoms with E-state index in [-0.39, 0.29) is 12.4 Å². The average Bonchev–Trinajstić information content (AvgIpc) is 2.74. The molecule has 0 amide bonds. The quantitative estimate of drug-likeness (QED) is 0.883. The Kier molecular flexibility index (Phi) is 5.09. The molecule has 0 fully saturated rings.